The minimum absolute atomic E-state index is 0.109. The Bertz CT molecular complexity index is 592. The number of hydrogen-bond donors (Lipinski definition) is 1. The van der Waals surface area contributed by atoms with E-state index < -0.39 is 0 Å². The average molecular weight is 328 g/mol. The predicted octanol–water partition coefficient (Wildman–Crippen LogP) is 4.79. The molecule has 5 heteroatoms. The molecule has 0 spiro atoms. The first kappa shape index (κ1) is 15.5. The number of halogens is 2. The molecule has 0 aromatic heterocycles. The molecule has 2 N–H and O–H groups in total. The lowest BCUT2D eigenvalue weighted by molar-refractivity contribution is 0.414. The SMILES string of the molecule is COc1cc(C(N)CSc2ccccc2Cl)ccc1Cl. The molecule has 2 aromatic carbocycles. The second kappa shape index (κ2) is 7.23. The lowest BCUT2D eigenvalue weighted by Gasteiger charge is -2.14. The molecule has 0 fully saturated rings. The maximum atomic E-state index is 6.20. The van der Waals surface area contributed by atoms with Crippen LogP contribution >= 0.6 is 35.0 Å². The minimum Gasteiger partial charge on any atom is -0.495 e. The fourth-order valence-corrected chi connectivity index (χ4v) is 3.17. The van der Waals surface area contributed by atoms with Crippen molar-refractivity contribution >= 4 is 35.0 Å². The number of ether oxygens (including phenoxy) is 1. The van der Waals surface area contributed by atoms with Gasteiger partial charge in [-0.05, 0) is 29.8 Å². The van der Waals surface area contributed by atoms with Crippen molar-refractivity contribution < 1.29 is 4.74 Å². The van der Waals surface area contributed by atoms with Crippen LogP contribution < -0.4 is 10.5 Å². The highest BCUT2D eigenvalue weighted by atomic mass is 35.5. The lowest BCUT2D eigenvalue weighted by atomic mass is 10.1. The number of hydrogen-bond acceptors (Lipinski definition) is 3. The molecular weight excluding hydrogens is 313 g/mol. The van der Waals surface area contributed by atoms with Gasteiger partial charge >= 0.3 is 0 Å². The van der Waals surface area contributed by atoms with Gasteiger partial charge in [0.15, 0.2) is 0 Å². The summed E-state index contributed by atoms with van der Waals surface area (Å²) in [6, 6.07) is 13.2. The normalized spacial score (nSPS) is 12.2. The lowest BCUT2D eigenvalue weighted by Crippen LogP contribution is -2.13. The van der Waals surface area contributed by atoms with Gasteiger partial charge in [-0.25, -0.2) is 0 Å². The Morgan fingerprint density at radius 3 is 2.60 bits per heavy atom. The summed E-state index contributed by atoms with van der Waals surface area (Å²) in [4.78, 5) is 1.03. The molecule has 0 radical (unpaired) electrons. The highest BCUT2D eigenvalue weighted by Crippen LogP contribution is 2.32. The fraction of sp³-hybridized carbons (Fsp3) is 0.200. The molecule has 0 bridgehead atoms. The van der Waals surface area contributed by atoms with Crippen LogP contribution in [0.4, 0.5) is 0 Å². The van der Waals surface area contributed by atoms with Gasteiger partial charge < -0.3 is 10.5 Å². The zero-order chi connectivity index (χ0) is 14.5. The summed E-state index contributed by atoms with van der Waals surface area (Å²) in [5.74, 6) is 1.37. The van der Waals surface area contributed by atoms with Crippen LogP contribution in [0.15, 0.2) is 47.4 Å². The molecule has 0 amide bonds. The van der Waals surface area contributed by atoms with Crippen molar-refractivity contribution in [2.45, 2.75) is 10.9 Å². The molecule has 1 unspecified atom stereocenters. The summed E-state index contributed by atoms with van der Waals surface area (Å²) >= 11 is 13.8. The Morgan fingerprint density at radius 2 is 1.90 bits per heavy atom. The second-order valence-electron chi connectivity index (χ2n) is 4.24. The molecule has 0 heterocycles. The van der Waals surface area contributed by atoms with Gasteiger partial charge in [-0.1, -0.05) is 41.4 Å². The standard InChI is InChI=1S/C15H15Cl2NOS/c1-19-14-8-10(6-7-11(14)16)13(18)9-20-15-5-3-2-4-12(15)17/h2-8,13H,9,18H2,1H3. The van der Waals surface area contributed by atoms with Crippen molar-refractivity contribution in [1.82, 2.24) is 0 Å². The van der Waals surface area contributed by atoms with Crippen LogP contribution in [0.2, 0.25) is 10.0 Å². The Kier molecular flexibility index (Phi) is 5.61. The number of nitrogens with two attached hydrogens (primary N) is 1. The Morgan fingerprint density at radius 1 is 1.15 bits per heavy atom. The van der Waals surface area contributed by atoms with Crippen LogP contribution in [0.25, 0.3) is 0 Å². The van der Waals surface area contributed by atoms with E-state index in [-0.39, 0.29) is 6.04 Å². The van der Waals surface area contributed by atoms with E-state index in [9.17, 15) is 0 Å². The number of methoxy groups -OCH3 is 1. The van der Waals surface area contributed by atoms with Gasteiger partial charge in [0.1, 0.15) is 5.75 Å². The zero-order valence-electron chi connectivity index (χ0n) is 11.0. The largest absolute Gasteiger partial charge is 0.495 e. The average Bonchev–Trinajstić information content (AvgIpc) is 2.46. The van der Waals surface area contributed by atoms with Gasteiger partial charge in [0.2, 0.25) is 0 Å². The molecule has 2 nitrogen and oxygen atoms in total. The monoisotopic (exact) mass is 327 g/mol. The van der Waals surface area contributed by atoms with E-state index in [1.807, 2.05) is 36.4 Å². The van der Waals surface area contributed by atoms with Crippen LogP contribution in [-0.2, 0) is 0 Å². The highest BCUT2D eigenvalue weighted by molar-refractivity contribution is 7.99. The number of thioether (sulfide) groups is 1. The van der Waals surface area contributed by atoms with Crippen molar-refractivity contribution in [1.29, 1.82) is 0 Å². The number of rotatable bonds is 5. The number of benzene rings is 2. The van der Waals surface area contributed by atoms with Gasteiger partial charge in [-0.3, -0.25) is 0 Å². The third kappa shape index (κ3) is 3.83. The fourth-order valence-electron chi connectivity index (χ4n) is 1.74. The Labute approximate surface area is 133 Å². The maximum Gasteiger partial charge on any atom is 0.137 e. The topological polar surface area (TPSA) is 35.2 Å². The molecule has 1 atom stereocenters. The van der Waals surface area contributed by atoms with Gasteiger partial charge in [0, 0.05) is 16.7 Å². The van der Waals surface area contributed by atoms with Gasteiger partial charge in [0.05, 0.1) is 17.2 Å². The van der Waals surface area contributed by atoms with Gasteiger partial charge in [0.25, 0.3) is 0 Å². The molecule has 0 aliphatic heterocycles. The predicted molar refractivity (Wildman–Crippen MR) is 87.1 cm³/mol. The summed E-state index contributed by atoms with van der Waals surface area (Å²) in [5, 5.41) is 1.33. The van der Waals surface area contributed by atoms with Crippen molar-refractivity contribution in [2.24, 2.45) is 5.73 Å². The molecule has 0 saturated heterocycles. The van der Waals surface area contributed by atoms with E-state index in [2.05, 4.69) is 0 Å². The molecular formula is C15H15Cl2NOS. The van der Waals surface area contributed by atoms with Crippen LogP contribution in [0.3, 0.4) is 0 Å². The molecule has 2 aromatic rings. The van der Waals surface area contributed by atoms with Crippen molar-refractivity contribution in [3.8, 4) is 5.75 Å². The van der Waals surface area contributed by atoms with E-state index >= 15 is 0 Å². The van der Waals surface area contributed by atoms with E-state index in [1.54, 1.807) is 24.9 Å². The van der Waals surface area contributed by atoms with E-state index in [1.165, 1.54) is 0 Å². The third-order valence-electron chi connectivity index (χ3n) is 2.86. The van der Waals surface area contributed by atoms with Crippen LogP contribution in [-0.4, -0.2) is 12.9 Å². The zero-order valence-corrected chi connectivity index (χ0v) is 13.3. The van der Waals surface area contributed by atoms with Crippen LogP contribution in [0, 0.1) is 0 Å². The Hall–Kier alpha value is -0.870. The van der Waals surface area contributed by atoms with Crippen LogP contribution in [0.1, 0.15) is 11.6 Å². The molecule has 20 heavy (non-hydrogen) atoms. The summed E-state index contributed by atoms with van der Waals surface area (Å²) < 4.78 is 5.20. The summed E-state index contributed by atoms with van der Waals surface area (Å²) in [6.45, 7) is 0. The van der Waals surface area contributed by atoms with Crippen LogP contribution in [0.5, 0.6) is 5.75 Å². The van der Waals surface area contributed by atoms with Gasteiger partial charge in [-0.2, -0.15) is 0 Å². The van der Waals surface area contributed by atoms with Gasteiger partial charge in [-0.15, -0.1) is 11.8 Å². The van der Waals surface area contributed by atoms with Crippen molar-refractivity contribution in [2.75, 3.05) is 12.9 Å². The van der Waals surface area contributed by atoms with E-state index in [0.29, 0.717) is 10.8 Å². The van der Waals surface area contributed by atoms with Crippen molar-refractivity contribution in [3.63, 3.8) is 0 Å². The molecule has 0 aliphatic carbocycles. The first-order valence-corrected chi connectivity index (χ1v) is 7.82. The maximum absolute atomic E-state index is 6.20. The molecule has 0 saturated carbocycles. The smallest absolute Gasteiger partial charge is 0.137 e. The summed E-state index contributed by atoms with van der Waals surface area (Å²) in [5.41, 5.74) is 7.20. The van der Waals surface area contributed by atoms with E-state index in [4.69, 9.17) is 33.7 Å². The van der Waals surface area contributed by atoms with E-state index in [0.717, 1.165) is 21.2 Å². The molecule has 2 rings (SSSR count). The quantitative estimate of drug-likeness (QED) is 0.801. The summed E-state index contributed by atoms with van der Waals surface area (Å²) in [7, 11) is 1.59. The first-order chi connectivity index (χ1) is 9.61. The minimum atomic E-state index is -0.109. The molecule has 0 aliphatic rings. The second-order valence-corrected chi connectivity index (χ2v) is 6.12. The summed E-state index contributed by atoms with van der Waals surface area (Å²) in [6.07, 6.45) is 0. The van der Waals surface area contributed by atoms with Crippen molar-refractivity contribution in [3.05, 3.63) is 58.1 Å². The third-order valence-corrected chi connectivity index (χ3v) is 4.81. The Balaban J connectivity index is 2.05. The first-order valence-electron chi connectivity index (χ1n) is 6.08. The molecule has 106 valence electrons. The highest BCUT2D eigenvalue weighted by Gasteiger charge is 2.11.